The van der Waals surface area contributed by atoms with E-state index in [0.717, 1.165) is 5.02 Å². The first kappa shape index (κ1) is 13.8. The summed E-state index contributed by atoms with van der Waals surface area (Å²) in [6.07, 6.45) is 6.75. The fourth-order valence-electron chi connectivity index (χ4n) is 3.25. The molecule has 1 aromatic rings. The summed E-state index contributed by atoms with van der Waals surface area (Å²) < 4.78 is 0. The van der Waals surface area contributed by atoms with Gasteiger partial charge in [0.2, 0.25) is 0 Å². The Labute approximate surface area is 125 Å². The highest BCUT2D eigenvalue weighted by Crippen LogP contribution is 2.44. The normalized spacial score (nSPS) is 24.6. The molecule has 1 fully saturated rings. The number of hydrogen-bond donors (Lipinski definition) is 1. The van der Waals surface area contributed by atoms with Crippen molar-refractivity contribution >= 4 is 23.4 Å². The molecule has 1 atom stereocenters. The Morgan fingerprint density at radius 2 is 2.26 bits per heavy atom. The Hall–Kier alpha value is -0.180. The van der Waals surface area contributed by atoms with E-state index in [4.69, 9.17) is 11.6 Å². The molecule has 1 aromatic carbocycles. The summed E-state index contributed by atoms with van der Waals surface area (Å²) in [5.74, 6) is 1.21. The van der Waals surface area contributed by atoms with Crippen molar-refractivity contribution in [1.29, 1.82) is 0 Å². The molecular formula is C16H22ClNS. The van der Waals surface area contributed by atoms with E-state index in [-0.39, 0.29) is 0 Å². The van der Waals surface area contributed by atoms with Crippen LogP contribution in [-0.2, 0) is 0 Å². The van der Waals surface area contributed by atoms with Crippen LogP contribution in [0, 0.1) is 5.41 Å². The maximum Gasteiger partial charge on any atom is 0.0410 e. The number of hydrogen-bond acceptors (Lipinski definition) is 2. The summed E-state index contributed by atoms with van der Waals surface area (Å²) in [4.78, 5) is 1.41. The molecule has 1 N–H and O–H groups in total. The minimum atomic E-state index is 0.499. The van der Waals surface area contributed by atoms with Gasteiger partial charge in [-0.1, -0.05) is 24.9 Å². The van der Waals surface area contributed by atoms with Crippen LogP contribution in [0.25, 0.3) is 0 Å². The zero-order valence-electron chi connectivity index (χ0n) is 11.5. The topological polar surface area (TPSA) is 12.0 Å². The molecule has 0 bridgehead atoms. The number of thioether (sulfide) groups is 1. The van der Waals surface area contributed by atoms with Gasteiger partial charge in [-0.05, 0) is 60.6 Å². The van der Waals surface area contributed by atoms with Crippen LogP contribution in [0.15, 0.2) is 23.1 Å². The maximum absolute atomic E-state index is 6.16. The van der Waals surface area contributed by atoms with Crippen LogP contribution >= 0.6 is 23.4 Å². The number of halogens is 1. The van der Waals surface area contributed by atoms with Gasteiger partial charge in [-0.15, -0.1) is 11.8 Å². The molecule has 3 heteroatoms. The Morgan fingerprint density at radius 1 is 1.42 bits per heavy atom. The molecule has 0 amide bonds. The summed E-state index contributed by atoms with van der Waals surface area (Å²) in [5, 5.41) is 4.69. The van der Waals surface area contributed by atoms with Gasteiger partial charge in [0.1, 0.15) is 0 Å². The first-order valence-corrected chi connectivity index (χ1v) is 8.74. The highest BCUT2D eigenvalue weighted by molar-refractivity contribution is 7.99. The molecule has 19 heavy (non-hydrogen) atoms. The molecule has 0 spiro atoms. The van der Waals surface area contributed by atoms with Gasteiger partial charge in [0, 0.05) is 22.5 Å². The van der Waals surface area contributed by atoms with Crippen molar-refractivity contribution in [2.75, 3.05) is 12.3 Å². The zero-order valence-corrected chi connectivity index (χ0v) is 13.1. The van der Waals surface area contributed by atoms with Crippen LogP contribution in [0.4, 0.5) is 0 Å². The van der Waals surface area contributed by atoms with Crippen molar-refractivity contribution in [3.8, 4) is 0 Å². The van der Waals surface area contributed by atoms with Gasteiger partial charge < -0.3 is 5.32 Å². The predicted molar refractivity (Wildman–Crippen MR) is 84.1 cm³/mol. The van der Waals surface area contributed by atoms with Gasteiger partial charge in [-0.2, -0.15) is 0 Å². The third-order valence-corrected chi connectivity index (χ3v) is 6.26. The summed E-state index contributed by atoms with van der Waals surface area (Å²) in [6.45, 7) is 3.51. The van der Waals surface area contributed by atoms with E-state index < -0.39 is 0 Å². The monoisotopic (exact) mass is 295 g/mol. The van der Waals surface area contributed by atoms with E-state index in [1.807, 2.05) is 17.8 Å². The van der Waals surface area contributed by atoms with Gasteiger partial charge in [0.25, 0.3) is 0 Å². The highest BCUT2D eigenvalue weighted by Gasteiger charge is 2.35. The molecule has 3 rings (SSSR count). The molecule has 1 unspecified atom stereocenters. The Kier molecular flexibility index (Phi) is 4.11. The molecule has 104 valence electrons. The molecule has 0 radical (unpaired) electrons. The van der Waals surface area contributed by atoms with Crippen molar-refractivity contribution in [2.24, 2.45) is 5.41 Å². The van der Waals surface area contributed by atoms with E-state index in [2.05, 4.69) is 24.4 Å². The molecular weight excluding hydrogens is 274 g/mol. The maximum atomic E-state index is 6.16. The molecule has 1 aliphatic heterocycles. The van der Waals surface area contributed by atoms with Crippen LogP contribution < -0.4 is 5.32 Å². The summed E-state index contributed by atoms with van der Waals surface area (Å²) in [7, 11) is 0. The second-order valence-electron chi connectivity index (χ2n) is 5.96. The van der Waals surface area contributed by atoms with Crippen molar-refractivity contribution in [3.63, 3.8) is 0 Å². The minimum absolute atomic E-state index is 0.499. The minimum Gasteiger partial charge on any atom is -0.309 e. The first-order chi connectivity index (χ1) is 9.22. The summed E-state index contributed by atoms with van der Waals surface area (Å²) in [5.41, 5.74) is 2.00. The van der Waals surface area contributed by atoms with Gasteiger partial charge in [0.05, 0.1) is 0 Å². The summed E-state index contributed by atoms with van der Waals surface area (Å²) in [6, 6.07) is 6.84. The molecule has 1 saturated carbocycles. The predicted octanol–water partition coefficient (Wildman–Crippen LogP) is 5.05. The first-order valence-electron chi connectivity index (χ1n) is 7.38. The second-order valence-corrected chi connectivity index (χ2v) is 7.53. The van der Waals surface area contributed by atoms with Crippen molar-refractivity contribution in [1.82, 2.24) is 5.32 Å². The molecule has 1 heterocycles. The highest BCUT2D eigenvalue weighted by atomic mass is 35.5. The fraction of sp³-hybridized carbons (Fsp3) is 0.625. The lowest BCUT2D eigenvalue weighted by Crippen LogP contribution is -2.41. The van der Waals surface area contributed by atoms with E-state index in [1.54, 1.807) is 0 Å². The lowest BCUT2D eigenvalue weighted by molar-refractivity contribution is 0.118. The van der Waals surface area contributed by atoms with Crippen LogP contribution in [-0.4, -0.2) is 12.3 Å². The number of benzene rings is 1. The smallest absolute Gasteiger partial charge is 0.0410 e. The largest absolute Gasteiger partial charge is 0.309 e. The summed E-state index contributed by atoms with van der Waals surface area (Å²) >= 11 is 8.12. The molecule has 1 nitrogen and oxygen atoms in total. The van der Waals surface area contributed by atoms with Crippen LogP contribution in [0.5, 0.6) is 0 Å². The van der Waals surface area contributed by atoms with E-state index in [0.29, 0.717) is 11.5 Å². The van der Waals surface area contributed by atoms with Crippen molar-refractivity contribution in [3.05, 3.63) is 28.8 Å². The third-order valence-electron chi connectivity index (χ3n) is 4.90. The Balaban J connectivity index is 1.71. The van der Waals surface area contributed by atoms with Crippen molar-refractivity contribution < 1.29 is 0 Å². The fourth-order valence-corrected chi connectivity index (χ4v) is 4.54. The molecule has 1 aliphatic carbocycles. The zero-order chi connectivity index (χ0) is 13.3. The van der Waals surface area contributed by atoms with Crippen LogP contribution in [0.3, 0.4) is 0 Å². The number of fused-ring (bicyclic) bond motifs is 1. The Morgan fingerprint density at radius 3 is 2.95 bits per heavy atom. The second kappa shape index (κ2) is 5.67. The molecule has 0 saturated heterocycles. The average molecular weight is 296 g/mol. The van der Waals surface area contributed by atoms with Gasteiger partial charge >= 0.3 is 0 Å². The number of rotatable bonds is 4. The lowest BCUT2D eigenvalue weighted by Gasteiger charge is -2.43. The van der Waals surface area contributed by atoms with Gasteiger partial charge in [-0.25, -0.2) is 0 Å². The standard InChI is InChI=1S/C16H22ClNS/c1-2-16(7-3-8-16)11-18-14-6-9-19-15-5-4-12(17)10-13(14)15/h4-5,10,14,18H,2-3,6-9,11H2,1H3. The van der Waals surface area contributed by atoms with Crippen molar-refractivity contribution in [2.45, 2.75) is 50.0 Å². The average Bonchev–Trinajstić information content (AvgIpc) is 2.38. The van der Waals surface area contributed by atoms with Gasteiger partial charge in [-0.3, -0.25) is 0 Å². The van der Waals surface area contributed by atoms with Gasteiger partial charge in [0.15, 0.2) is 0 Å². The SMILES string of the molecule is CCC1(CNC2CCSc3ccc(Cl)cc32)CCC1. The van der Waals surface area contributed by atoms with E-state index in [9.17, 15) is 0 Å². The lowest BCUT2D eigenvalue weighted by atomic mass is 9.67. The van der Waals surface area contributed by atoms with E-state index in [1.165, 1.54) is 54.9 Å². The number of nitrogens with one attached hydrogen (secondary N) is 1. The molecule has 0 aromatic heterocycles. The third kappa shape index (κ3) is 2.81. The quantitative estimate of drug-likeness (QED) is 0.834. The van der Waals surface area contributed by atoms with Crippen LogP contribution in [0.2, 0.25) is 5.02 Å². The van der Waals surface area contributed by atoms with Crippen LogP contribution in [0.1, 0.15) is 50.6 Å². The Bertz CT molecular complexity index is 451. The molecule has 2 aliphatic rings. The van der Waals surface area contributed by atoms with E-state index >= 15 is 0 Å².